The van der Waals surface area contributed by atoms with E-state index in [2.05, 4.69) is 175 Å². The van der Waals surface area contributed by atoms with Crippen molar-refractivity contribution >= 4 is 44.2 Å². The van der Waals surface area contributed by atoms with E-state index in [9.17, 15) is 0 Å². The molecular weight excluding hydrogens is 583 g/mol. The molecule has 0 radical (unpaired) electrons. The standard InChI is InChI=1S/C45H33N3/c1-4-10-37-28(7-1)13-16-31-19-22-40(46-43(31)37)34-25-35(41-23-20-32-17-14-29-8-2-5-11-38(29)44(32)47-41)27-36(26-34)42-24-21-33-18-15-30-9-3-6-12-39(30)45(33)48-42/h1-28,37,40-41,46-47H. The fourth-order valence-electron chi connectivity index (χ4n) is 7.92. The van der Waals surface area contributed by atoms with Crippen molar-refractivity contribution in [2.24, 2.45) is 11.8 Å². The molecule has 3 heterocycles. The molecule has 0 fully saturated rings. The molecule has 228 valence electrons. The van der Waals surface area contributed by atoms with Crippen molar-refractivity contribution in [1.29, 1.82) is 0 Å². The van der Waals surface area contributed by atoms with E-state index in [0.717, 1.165) is 22.2 Å². The van der Waals surface area contributed by atoms with Crippen LogP contribution in [0.25, 0.3) is 49.8 Å². The predicted molar refractivity (Wildman–Crippen MR) is 200 cm³/mol. The van der Waals surface area contributed by atoms with Gasteiger partial charge in [-0.25, -0.2) is 4.98 Å². The number of anilines is 1. The Balaban J connectivity index is 1.10. The van der Waals surface area contributed by atoms with E-state index in [-0.39, 0.29) is 12.1 Å². The van der Waals surface area contributed by atoms with Crippen LogP contribution in [0.5, 0.6) is 0 Å². The van der Waals surface area contributed by atoms with Crippen molar-refractivity contribution in [3.05, 3.63) is 186 Å². The van der Waals surface area contributed by atoms with Gasteiger partial charge in [0.1, 0.15) is 0 Å². The molecule has 0 saturated heterocycles. The van der Waals surface area contributed by atoms with E-state index in [1.54, 1.807) is 0 Å². The van der Waals surface area contributed by atoms with E-state index >= 15 is 0 Å². The van der Waals surface area contributed by atoms with Gasteiger partial charge in [-0.1, -0.05) is 146 Å². The normalized spacial score (nSPS) is 22.0. The molecule has 0 saturated carbocycles. The Bertz CT molecular complexity index is 2490. The fraction of sp³-hybridized carbons (Fsp3) is 0.0889. The predicted octanol–water partition coefficient (Wildman–Crippen LogP) is 10.8. The summed E-state index contributed by atoms with van der Waals surface area (Å²) in [6.45, 7) is 0. The molecule has 2 aliphatic heterocycles. The molecule has 4 unspecified atom stereocenters. The van der Waals surface area contributed by atoms with Gasteiger partial charge in [0.25, 0.3) is 0 Å². The molecule has 6 aromatic rings. The molecule has 3 nitrogen and oxygen atoms in total. The van der Waals surface area contributed by atoms with Crippen molar-refractivity contribution in [3.8, 4) is 11.3 Å². The largest absolute Gasteiger partial charge is 0.377 e. The van der Waals surface area contributed by atoms with Gasteiger partial charge in [-0.05, 0) is 51.2 Å². The highest BCUT2D eigenvalue weighted by Crippen LogP contribution is 2.41. The van der Waals surface area contributed by atoms with Crippen LogP contribution >= 0.6 is 0 Å². The van der Waals surface area contributed by atoms with Crippen LogP contribution in [-0.2, 0) is 0 Å². The highest BCUT2D eigenvalue weighted by Gasteiger charge is 2.30. The number of nitrogens with one attached hydrogen (secondary N) is 2. The monoisotopic (exact) mass is 615 g/mol. The summed E-state index contributed by atoms with van der Waals surface area (Å²) in [7, 11) is 0. The summed E-state index contributed by atoms with van der Waals surface area (Å²) in [4.78, 5) is 5.33. The first-order valence-electron chi connectivity index (χ1n) is 16.9. The second kappa shape index (κ2) is 10.8. The van der Waals surface area contributed by atoms with Crippen molar-refractivity contribution in [2.45, 2.75) is 12.1 Å². The lowest BCUT2D eigenvalue weighted by molar-refractivity contribution is 0.535. The maximum Gasteiger partial charge on any atom is 0.0787 e. The SMILES string of the molecule is C1=CC2C=CC3=C(NC(c4cc(-c5ccc6ccc7ccccc7c6n5)cc(C5C=Cc6ccc7ccccc7c6N5)c4)C=C3)C2C=C1. The van der Waals surface area contributed by atoms with Gasteiger partial charge in [-0.3, -0.25) is 0 Å². The number of rotatable bonds is 3. The molecule has 0 bridgehead atoms. The minimum atomic E-state index is 0.0130. The van der Waals surface area contributed by atoms with Gasteiger partial charge in [0.15, 0.2) is 0 Å². The number of dihydropyridines is 1. The molecule has 0 spiro atoms. The maximum atomic E-state index is 5.33. The fourth-order valence-corrected chi connectivity index (χ4v) is 7.92. The third-order valence-electron chi connectivity index (χ3n) is 10.4. The van der Waals surface area contributed by atoms with Gasteiger partial charge in [-0.15, -0.1) is 0 Å². The van der Waals surface area contributed by atoms with Gasteiger partial charge < -0.3 is 10.6 Å². The molecule has 3 heteroatoms. The number of hydrogen-bond acceptors (Lipinski definition) is 3. The summed E-state index contributed by atoms with van der Waals surface area (Å²) >= 11 is 0. The highest BCUT2D eigenvalue weighted by atomic mass is 14.9. The summed E-state index contributed by atoms with van der Waals surface area (Å²) < 4.78 is 0. The molecule has 0 amide bonds. The average molecular weight is 616 g/mol. The first kappa shape index (κ1) is 27.2. The number of allylic oxidation sites excluding steroid dienone is 8. The van der Waals surface area contributed by atoms with Crippen LogP contribution in [0.4, 0.5) is 5.69 Å². The lowest BCUT2D eigenvalue weighted by atomic mass is 9.78. The molecule has 2 N–H and O–H groups in total. The summed E-state index contributed by atoms with van der Waals surface area (Å²) in [6, 6.07) is 37.4. The van der Waals surface area contributed by atoms with Crippen LogP contribution in [0.3, 0.4) is 0 Å². The Morgan fingerprint density at radius 3 is 2.12 bits per heavy atom. The Morgan fingerprint density at radius 2 is 1.23 bits per heavy atom. The molecule has 4 atom stereocenters. The number of fused-ring (bicyclic) bond motifs is 8. The smallest absolute Gasteiger partial charge is 0.0787 e. The van der Waals surface area contributed by atoms with Crippen LogP contribution in [0, 0.1) is 11.8 Å². The number of benzene rings is 5. The van der Waals surface area contributed by atoms with Gasteiger partial charge in [0.05, 0.1) is 29.0 Å². The Labute approximate surface area is 280 Å². The van der Waals surface area contributed by atoms with Crippen LogP contribution in [0.1, 0.15) is 28.8 Å². The van der Waals surface area contributed by atoms with Crippen molar-refractivity contribution < 1.29 is 0 Å². The average Bonchev–Trinajstić information content (AvgIpc) is 3.17. The van der Waals surface area contributed by atoms with Crippen LogP contribution in [0.2, 0.25) is 0 Å². The molecule has 48 heavy (non-hydrogen) atoms. The van der Waals surface area contributed by atoms with Crippen LogP contribution < -0.4 is 10.6 Å². The molecule has 10 rings (SSSR count). The topological polar surface area (TPSA) is 37.0 Å². The summed E-state index contributed by atoms with van der Waals surface area (Å²) in [5, 5.41) is 13.9. The Kier molecular flexibility index (Phi) is 6.13. The molecule has 5 aromatic carbocycles. The zero-order valence-corrected chi connectivity index (χ0v) is 26.3. The summed E-state index contributed by atoms with van der Waals surface area (Å²) in [5.74, 6) is 0.714. The van der Waals surface area contributed by atoms with Crippen molar-refractivity contribution in [2.75, 3.05) is 5.32 Å². The van der Waals surface area contributed by atoms with Crippen LogP contribution in [0.15, 0.2) is 169 Å². The Morgan fingerprint density at radius 1 is 0.542 bits per heavy atom. The van der Waals surface area contributed by atoms with Crippen molar-refractivity contribution in [1.82, 2.24) is 10.3 Å². The minimum absolute atomic E-state index is 0.0130. The first-order valence-corrected chi connectivity index (χ1v) is 16.9. The number of pyridine rings is 1. The van der Waals surface area contributed by atoms with Gasteiger partial charge >= 0.3 is 0 Å². The Hall–Kier alpha value is -5.93. The van der Waals surface area contributed by atoms with Gasteiger partial charge in [0, 0.05) is 39.3 Å². The third kappa shape index (κ3) is 4.46. The molecule has 4 aliphatic rings. The maximum absolute atomic E-state index is 5.33. The van der Waals surface area contributed by atoms with Crippen LogP contribution in [-0.4, -0.2) is 4.98 Å². The molecular formula is C45H33N3. The van der Waals surface area contributed by atoms with E-state index in [1.165, 1.54) is 55.2 Å². The minimum Gasteiger partial charge on any atom is -0.377 e. The second-order valence-electron chi connectivity index (χ2n) is 13.3. The number of aromatic nitrogens is 1. The van der Waals surface area contributed by atoms with E-state index in [4.69, 9.17) is 4.98 Å². The molecule has 2 aliphatic carbocycles. The second-order valence-corrected chi connectivity index (χ2v) is 13.3. The van der Waals surface area contributed by atoms with E-state index in [0.29, 0.717) is 11.8 Å². The summed E-state index contributed by atoms with van der Waals surface area (Å²) in [5.41, 5.74) is 10.6. The lowest BCUT2D eigenvalue weighted by Gasteiger charge is -2.35. The van der Waals surface area contributed by atoms with E-state index < -0.39 is 0 Å². The highest BCUT2D eigenvalue weighted by molar-refractivity contribution is 6.05. The van der Waals surface area contributed by atoms with Gasteiger partial charge in [-0.2, -0.15) is 0 Å². The zero-order valence-electron chi connectivity index (χ0n) is 26.3. The molecule has 1 aromatic heterocycles. The first-order chi connectivity index (χ1) is 23.7. The quantitative estimate of drug-likeness (QED) is 0.195. The lowest BCUT2D eigenvalue weighted by Crippen LogP contribution is -2.32. The number of nitrogens with zero attached hydrogens (tertiary/aromatic N) is 1. The zero-order chi connectivity index (χ0) is 31.6. The van der Waals surface area contributed by atoms with E-state index in [1.807, 2.05) is 0 Å². The van der Waals surface area contributed by atoms with Crippen molar-refractivity contribution in [3.63, 3.8) is 0 Å². The number of hydrogen-bond donors (Lipinski definition) is 2. The third-order valence-corrected chi connectivity index (χ3v) is 10.4. The summed E-state index contributed by atoms with van der Waals surface area (Å²) in [6.07, 6.45) is 22.7. The van der Waals surface area contributed by atoms with Gasteiger partial charge in [0.2, 0.25) is 0 Å².